The van der Waals surface area contributed by atoms with Gasteiger partial charge in [-0.1, -0.05) is 11.2 Å². The minimum atomic E-state index is -0.841. The largest absolute Gasteiger partial charge is 0.465 e. The van der Waals surface area contributed by atoms with Crippen LogP contribution < -0.4 is 10.6 Å². The van der Waals surface area contributed by atoms with Crippen LogP contribution in [0.25, 0.3) is 0 Å². The number of hydrogen-bond acceptors (Lipinski definition) is 7. The zero-order valence-corrected chi connectivity index (χ0v) is 17.8. The molecule has 0 radical (unpaired) electrons. The summed E-state index contributed by atoms with van der Waals surface area (Å²) in [6.07, 6.45) is 1.30. The summed E-state index contributed by atoms with van der Waals surface area (Å²) in [4.78, 5) is 15.1. The maximum Gasteiger partial charge on any atom is 0.407 e. The van der Waals surface area contributed by atoms with Crippen molar-refractivity contribution in [3.63, 3.8) is 0 Å². The van der Waals surface area contributed by atoms with Gasteiger partial charge in [0.1, 0.15) is 0 Å². The van der Waals surface area contributed by atoms with Crippen LogP contribution in [0.15, 0.2) is 16.5 Å². The van der Waals surface area contributed by atoms with E-state index in [1.165, 1.54) is 10.5 Å². The van der Waals surface area contributed by atoms with Crippen LogP contribution in [0.3, 0.4) is 0 Å². The van der Waals surface area contributed by atoms with Crippen molar-refractivity contribution in [1.82, 2.24) is 25.3 Å². The number of carboxylic acid groups (broad SMARTS) is 1. The molecular formula is C21H30N6O3. The summed E-state index contributed by atoms with van der Waals surface area (Å²) < 4.78 is 5.84. The lowest BCUT2D eigenvalue weighted by atomic mass is 10.0. The summed E-state index contributed by atoms with van der Waals surface area (Å²) in [5.41, 5.74) is 4.45. The van der Waals surface area contributed by atoms with Crippen LogP contribution in [0.4, 0.5) is 16.5 Å². The fourth-order valence-electron chi connectivity index (χ4n) is 4.37. The Morgan fingerprint density at radius 3 is 2.87 bits per heavy atom. The van der Waals surface area contributed by atoms with Gasteiger partial charge in [0, 0.05) is 37.9 Å². The highest BCUT2D eigenvalue weighted by Crippen LogP contribution is 2.28. The maximum absolute atomic E-state index is 11.3. The van der Waals surface area contributed by atoms with Crippen molar-refractivity contribution < 1.29 is 14.3 Å². The molecule has 0 aliphatic carbocycles. The SMILES string of the molecule is Cc1cc(CN2CCN(C(=O)O)[C@@H](C)C2)c(C)c(Nc2nnc([C@@H]3CCCN3)o2)c1. The van der Waals surface area contributed by atoms with E-state index in [0.29, 0.717) is 18.5 Å². The van der Waals surface area contributed by atoms with Crippen LogP contribution in [-0.2, 0) is 6.54 Å². The molecule has 2 fully saturated rings. The molecule has 1 aromatic heterocycles. The van der Waals surface area contributed by atoms with Gasteiger partial charge in [-0.15, -0.1) is 5.10 Å². The van der Waals surface area contributed by atoms with Crippen molar-refractivity contribution in [2.45, 2.75) is 52.2 Å². The monoisotopic (exact) mass is 414 g/mol. The Morgan fingerprint density at radius 2 is 2.17 bits per heavy atom. The minimum absolute atomic E-state index is 0.0139. The zero-order chi connectivity index (χ0) is 21.3. The van der Waals surface area contributed by atoms with E-state index in [9.17, 15) is 9.90 Å². The highest BCUT2D eigenvalue weighted by atomic mass is 16.4. The molecule has 2 atom stereocenters. The molecule has 0 bridgehead atoms. The molecule has 0 spiro atoms. The van der Waals surface area contributed by atoms with E-state index in [4.69, 9.17) is 4.42 Å². The van der Waals surface area contributed by atoms with Crippen molar-refractivity contribution in [3.05, 3.63) is 34.7 Å². The molecule has 2 saturated heterocycles. The Morgan fingerprint density at radius 1 is 1.33 bits per heavy atom. The van der Waals surface area contributed by atoms with Crippen molar-refractivity contribution in [1.29, 1.82) is 0 Å². The number of hydrogen-bond donors (Lipinski definition) is 3. The van der Waals surface area contributed by atoms with E-state index in [1.54, 1.807) is 0 Å². The minimum Gasteiger partial charge on any atom is -0.465 e. The quantitative estimate of drug-likeness (QED) is 0.685. The molecule has 3 N–H and O–H groups in total. The number of rotatable bonds is 5. The lowest BCUT2D eigenvalue weighted by molar-refractivity contribution is 0.0710. The average Bonchev–Trinajstić information content (AvgIpc) is 3.37. The third-order valence-electron chi connectivity index (χ3n) is 6.05. The van der Waals surface area contributed by atoms with E-state index in [0.717, 1.165) is 55.8 Å². The molecule has 3 heterocycles. The van der Waals surface area contributed by atoms with Gasteiger partial charge in [0.2, 0.25) is 5.89 Å². The van der Waals surface area contributed by atoms with E-state index >= 15 is 0 Å². The first-order chi connectivity index (χ1) is 14.4. The van der Waals surface area contributed by atoms with Crippen LogP contribution in [0.2, 0.25) is 0 Å². The zero-order valence-electron chi connectivity index (χ0n) is 17.8. The third-order valence-corrected chi connectivity index (χ3v) is 6.05. The van der Waals surface area contributed by atoms with Gasteiger partial charge in [0.05, 0.1) is 6.04 Å². The van der Waals surface area contributed by atoms with Gasteiger partial charge < -0.3 is 25.1 Å². The first-order valence-corrected chi connectivity index (χ1v) is 10.6. The Hall–Kier alpha value is -2.65. The molecule has 9 heteroatoms. The van der Waals surface area contributed by atoms with Crippen molar-refractivity contribution in [3.8, 4) is 0 Å². The van der Waals surface area contributed by atoms with E-state index in [1.807, 2.05) is 6.92 Å². The molecule has 2 aliphatic rings. The number of piperazine rings is 1. The number of nitrogens with zero attached hydrogens (tertiary/aromatic N) is 4. The topological polar surface area (TPSA) is 107 Å². The number of carbonyl (C=O) groups is 1. The molecule has 1 aromatic carbocycles. The second kappa shape index (κ2) is 8.61. The Bertz CT molecular complexity index is 908. The molecule has 0 unspecified atom stereocenters. The van der Waals surface area contributed by atoms with Crippen LogP contribution in [0, 0.1) is 13.8 Å². The van der Waals surface area contributed by atoms with Crippen LogP contribution in [-0.4, -0.2) is 63.4 Å². The molecular weight excluding hydrogens is 384 g/mol. The maximum atomic E-state index is 11.3. The van der Waals surface area contributed by atoms with Gasteiger partial charge in [0.15, 0.2) is 0 Å². The first kappa shape index (κ1) is 20.6. The predicted octanol–water partition coefficient (Wildman–Crippen LogP) is 3.04. The van der Waals surface area contributed by atoms with E-state index < -0.39 is 6.09 Å². The highest BCUT2D eigenvalue weighted by molar-refractivity contribution is 5.65. The number of benzene rings is 1. The highest BCUT2D eigenvalue weighted by Gasteiger charge is 2.27. The van der Waals surface area contributed by atoms with E-state index in [2.05, 4.69) is 51.7 Å². The van der Waals surface area contributed by atoms with E-state index in [-0.39, 0.29) is 12.1 Å². The van der Waals surface area contributed by atoms with Crippen molar-refractivity contribution >= 4 is 17.8 Å². The molecule has 162 valence electrons. The molecule has 2 aliphatic heterocycles. The lowest BCUT2D eigenvalue weighted by Gasteiger charge is -2.38. The molecule has 4 rings (SSSR count). The van der Waals surface area contributed by atoms with Gasteiger partial charge in [-0.05, 0) is 62.9 Å². The first-order valence-electron chi connectivity index (χ1n) is 10.6. The summed E-state index contributed by atoms with van der Waals surface area (Å²) in [6.45, 7) is 9.87. The number of aryl methyl sites for hydroxylation is 1. The van der Waals surface area contributed by atoms with Crippen molar-refractivity contribution in [2.75, 3.05) is 31.5 Å². The number of anilines is 2. The molecule has 2 aromatic rings. The molecule has 30 heavy (non-hydrogen) atoms. The Labute approximate surface area is 176 Å². The smallest absolute Gasteiger partial charge is 0.407 e. The lowest BCUT2D eigenvalue weighted by Crippen LogP contribution is -2.53. The van der Waals surface area contributed by atoms with Gasteiger partial charge in [-0.25, -0.2) is 4.79 Å². The van der Waals surface area contributed by atoms with Crippen LogP contribution >= 0.6 is 0 Å². The fraction of sp³-hybridized carbons (Fsp3) is 0.571. The Kier molecular flexibility index (Phi) is 5.92. The third kappa shape index (κ3) is 4.41. The summed E-state index contributed by atoms with van der Waals surface area (Å²) in [6, 6.07) is 4.81. The van der Waals surface area contributed by atoms with Gasteiger partial charge in [-0.3, -0.25) is 4.90 Å². The fourth-order valence-corrected chi connectivity index (χ4v) is 4.37. The molecule has 9 nitrogen and oxygen atoms in total. The number of amides is 1. The summed E-state index contributed by atoms with van der Waals surface area (Å²) in [5, 5.41) is 24.3. The predicted molar refractivity (Wildman–Crippen MR) is 113 cm³/mol. The second-order valence-corrected chi connectivity index (χ2v) is 8.38. The normalized spacial score (nSPS) is 22.4. The van der Waals surface area contributed by atoms with Crippen LogP contribution in [0.1, 0.15) is 48.4 Å². The summed E-state index contributed by atoms with van der Waals surface area (Å²) in [7, 11) is 0. The molecule has 0 saturated carbocycles. The number of aromatic nitrogens is 2. The standard InChI is InChI=1S/C21H30N6O3/c1-13-9-16(12-26-7-8-27(21(28)29)14(2)11-26)15(3)18(10-13)23-20-25-24-19(30-20)17-5-4-6-22-17/h9-10,14,17,22H,4-8,11-12H2,1-3H3,(H,23,25)(H,28,29)/t14-,17-/m0/s1. The summed E-state index contributed by atoms with van der Waals surface area (Å²) >= 11 is 0. The second-order valence-electron chi connectivity index (χ2n) is 8.38. The van der Waals surface area contributed by atoms with Gasteiger partial charge in [0.25, 0.3) is 0 Å². The average molecular weight is 415 g/mol. The summed E-state index contributed by atoms with van der Waals surface area (Å²) in [5.74, 6) is 0.630. The van der Waals surface area contributed by atoms with Crippen molar-refractivity contribution in [2.24, 2.45) is 0 Å². The Balaban J connectivity index is 1.46. The number of nitrogens with one attached hydrogen (secondary N) is 2. The van der Waals surface area contributed by atoms with Gasteiger partial charge in [-0.2, -0.15) is 0 Å². The van der Waals surface area contributed by atoms with Crippen LogP contribution in [0.5, 0.6) is 0 Å². The van der Waals surface area contributed by atoms with Gasteiger partial charge >= 0.3 is 12.1 Å². The molecule has 1 amide bonds.